The van der Waals surface area contributed by atoms with E-state index in [0.717, 1.165) is 19.0 Å². The molecule has 0 aromatic heterocycles. The fourth-order valence-electron chi connectivity index (χ4n) is 2.06. The van der Waals surface area contributed by atoms with E-state index in [-0.39, 0.29) is 11.3 Å². The standard InChI is InChI=1S/C14H23FN4O/c1-4-19(7-5-6-18(2)3)13-8-10(14(17)20)12(16)9-11(13)15/h8-9H,4-7,16H2,1-3H3,(H2,17,20). The Labute approximate surface area is 119 Å². The van der Waals surface area contributed by atoms with Crippen LogP contribution in [0.1, 0.15) is 23.7 Å². The van der Waals surface area contributed by atoms with Gasteiger partial charge in [-0.3, -0.25) is 4.79 Å². The number of nitrogens with two attached hydrogens (primary N) is 2. The van der Waals surface area contributed by atoms with E-state index in [4.69, 9.17) is 11.5 Å². The minimum atomic E-state index is -0.645. The smallest absolute Gasteiger partial charge is 0.250 e. The van der Waals surface area contributed by atoms with Crippen LogP contribution in [-0.4, -0.2) is 44.5 Å². The second kappa shape index (κ2) is 7.09. The molecular formula is C14H23FN4O. The van der Waals surface area contributed by atoms with Crippen molar-refractivity contribution in [2.45, 2.75) is 13.3 Å². The highest BCUT2D eigenvalue weighted by Crippen LogP contribution is 2.25. The molecule has 1 aromatic carbocycles. The Morgan fingerprint density at radius 1 is 1.30 bits per heavy atom. The second-order valence-electron chi connectivity index (χ2n) is 4.99. The molecule has 6 heteroatoms. The number of carbonyl (C=O) groups excluding carboxylic acids is 1. The average Bonchev–Trinajstić information content (AvgIpc) is 2.35. The van der Waals surface area contributed by atoms with Crippen LogP contribution < -0.4 is 16.4 Å². The monoisotopic (exact) mass is 282 g/mol. The van der Waals surface area contributed by atoms with Gasteiger partial charge in [0, 0.05) is 18.8 Å². The third-order valence-electron chi connectivity index (χ3n) is 3.14. The van der Waals surface area contributed by atoms with E-state index >= 15 is 0 Å². The molecule has 1 aromatic rings. The Kier molecular flexibility index (Phi) is 5.76. The number of halogens is 1. The summed E-state index contributed by atoms with van der Waals surface area (Å²) in [6, 6.07) is 2.59. The van der Waals surface area contributed by atoms with Gasteiger partial charge in [0.25, 0.3) is 5.91 Å². The molecule has 112 valence electrons. The normalized spacial score (nSPS) is 10.8. The third kappa shape index (κ3) is 4.09. The van der Waals surface area contributed by atoms with Gasteiger partial charge in [-0.25, -0.2) is 4.39 Å². The molecule has 0 unspecified atom stereocenters. The van der Waals surface area contributed by atoms with E-state index in [9.17, 15) is 9.18 Å². The summed E-state index contributed by atoms with van der Waals surface area (Å²) in [6.45, 7) is 4.20. The Bertz CT molecular complexity index is 476. The quantitative estimate of drug-likeness (QED) is 0.739. The first-order valence-electron chi connectivity index (χ1n) is 6.65. The van der Waals surface area contributed by atoms with Gasteiger partial charge >= 0.3 is 0 Å². The van der Waals surface area contributed by atoms with Crippen LogP contribution in [0.2, 0.25) is 0 Å². The summed E-state index contributed by atoms with van der Waals surface area (Å²) < 4.78 is 14.0. The van der Waals surface area contributed by atoms with Crippen LogP contribution in [0.5, 0.6) is 0 Å². The first-order valence-corrected chi connectivity index (χ1v) is 6.65. The van der Waals surface area contributed by atoms with Crippen LogP contribution in [0.3, 0.4) is 0 Å². The van der Waals surface area contributed by atoms with Crippen LogP contribution in [-0.2, 0) is 0 Å². The third-order valence-corrected chi connectivity index (χ3v) is 3.14. The summed E-state index contributed by atoms with van der Waals surface area (Å²) in [6.07, 6.45) is 0.899. The lowest BCUT2D eigenvalue weighted by atomic mass is 10.1. The van der Waals surface area contributed by atoms with E-state index in [2.05, 4.69) is 4.90 Å². The van der Waals surface area contributed by atoms with Gasteiger partial charge in [0.2, 0.25) is 0 Å². The SMILES string of the molecule is CCN(CCCN(C)C)c1cc(C(N)=O)c(N)cc1F. The molecule has 0 spiro atoms. The van der Waals surface area contributed by atoms with Crippen LogP contribution in [0.25, 0.3) is 0 Å². The van der Waals surface area contributed by atoms with Gasteiger partial charge in [-0.05, 0) is 46.1 Å². The number of amides is 1. The molecule has 5 nitrogen and oxygen atoms in total. The number of benzene rings is 1. The predicted molar refractivity (Wildman–Crippen MR) is 80.4 cm³/mol. The Hall–Kier alpha value is -1.82. The summed E-state index contributed by atoms with van der Waals surface area (Å²) in [5.41, 5.74) is 11.5. The highest BCUT2D eigenvalue weighted by atomic mass is 19.1. The van der Waals surface area contributed by atoms with Crippen LogP contribution in [0.4, 0.5) is 15.8 Å². The van der Waals surface area contributed by atoms with E-state index < -0.39 is 11.7 Å². The summed E-state index contributed by atoms with van der Waals surface area (Å²) >= 11 is 0. The number of nitrogens with zero attached hydrogens (tertiary/aromatic N) is 2. The van der Waals surface area contributed by atoms with Gasteiger partial charge in [-0.2, -0.15) is 0 Å². The van der Waals surface area contributed by atoms with Crippen molar-refractivity contribution in [1.82, 2.24) is 4.90 Å². The van der Waals surface area contributed by atoms with E-state index in [1.165, 1.54) is 6.07 Å². The summed E-state index contributed by atoms with van der Waals surface area (Å²) in [4.78, 5) is 15.2. The molecular weight excluding hydrogens is 259 g/mol. The lowest BCUT2D eigenvalue weighted by molar-refractivity contribution is 0.100. The largest absolute Gasteiger partial charge is 0.398 e. The molecule has 20 heavy (non-hydrogen) atoms. The van der Waals surface area contributed by atoms with Gasteiger partial charge in [0.1, 0.15) is 5.82 Å². The first kappa shape index (κ1) is 16.2. The molecule has 0 atom stereocenters. The van der Waals surface area contributed by atoms with Gasteiger partial charge in [-0.1, -0.05) is 0 Å². The Morgan fingerprint density at radius 2 is 1.95 bits per heavy atom. The summed E-state index contributed by atoms with van der Waals surface area (Å²) in [5.74, 6) is -1.08. The van der Waals surface area contributed by atoms with Crippen molar-refractivity contribution in [3.8, 4) is 0 Å². The van der Waals surface area contributed by atoms with Crippen molar-refractivity contribution < 1.29 is 9.18 Å². The number of carbonyl (C=O) groups is 1. The van der Waals surface area contributed by atoms with Crippen molar-refractivity contribution in [2.24, 2.45) is 5.73 Å². The van der Waals surface area contributed by atoms with Gasteiger partial charge in [-0.15, -0.1) is 0 Å². The number of hydrogen-bond donors (Lipinski definition) is 2. The Balaban J connectivity index is 2.96. The summed E-state index contributed by atoms with van der Waals surface area (Å²) in [7, 11) is 3.98. The van der Waals surface area contributed by atoms with Gasteiger partial charge in [0.15, 0.2) is 0 Å². The molecule has 4 N–H and O–H groups in total. The molecule has 1 rings (SSSR count). The topological polar surface area (TPSA) is 75.6 Å². The maximum atomic E-state index is 14.0. The maximum absolute atomic E-state index is 14.0. The Morgan fingerprint density at radius 3 is 2.45 bits per heavy atom. The fraction of sp³-hybridized carbons (Fsp3) is 0.500. The van der Waals surface area contributed by atoms with Gasteiger partial charge < -0.3 is 21.3 Å². The van der Waals surface area contributed by atoms with E-state index in [1.54, 1.807) is 0 Å². The van der Waals surface area contributed by atoms with Crippen LogP contribution in [0, 0.1) is 5.82 Å². The number of hydrogen-bond acceptors (Lipinski definition) is 4. The highest BCUT2D eigenvalue weighted by Gasteiger charge is 2.15. The zero-order valence-corrected chi connectivity index (χ0v) is 12.3. The van der Waals surface area contributed by atoms with E-state index in [0.29, 0.717) is 18.8 Å². The lowest BCUT2D eigenvalue weighted by Crippen LogP contribution is -2.28. The molecule has 0 aliphatic rings. The molecule has 0 radical (unpaired) electrons. The van der Waals surface area contributed by atoms with Crippen LogP contribution >= 0.6 is 0 Å². The maximum Gasteiger partial charge on any atom is 0.250 e. The van der Waals surface area contributed by atoms with Crippen LogP contribution in [0.15, 0.2) is 12.1 Å². The average molecular weight is 282 g/mol. The number of anilines is 2. The fourth-order valence-corrected chi connectivity index (χ4v) is 2.06. The predicted octanol–water partition coefficient (Wildman–Crippen LogP) is 1.28. The minimum Gasteiger partial charge on any atom is -0.398 e. The molecule has 0 fully saturated rings. The van der Waals surface area contributed by atoms with Crippen molar-refractivity contribution in [3.05, 3.63) is 23.5 Å². The van der Waals surface area contributed by atoms with Crippen molar-refractivity contribution in [2.75, 3.05) is 44.4 Å². The molecule has 0 heterocycles. The van der Waals surface area contributed by atoms with E-state index in [1.807, 2.05) is 25.9 Å². The number of nitrogen functional groups attached to an aromatic ring is 1. The van der Waals surface area contributed by atoms with Crippen molar-refractivity contribution in [1.29, 1.82) is 0 Å². The molecule has 0 saturated heterocycles. The number of rotatable bonds is 7. The minimum absolute atomic E-state index is 0.0723. The lowest BCUT2D eigenvalue weighted by Gasteiger charge is -2.25. The van der Waals surface area contributed by atoms with Gasteiger partial charge in [0.05, 0.1) is 11.3 Å². The zero-order chi connectivity index (χ0) is 15.3. The molecule has 1 amide bonds. The molecule has 0 bridgehead atoms. The number of primary amides is 1. The molecule has 0 aliphatic heterocycles. The first-order chi connectivity index (χ1) is 9.36. The second-order valence-corrected chi connectivity index (χ2v) is 4.99. The van der Waals surface area contributed by atoms with Crippen molar-refractivity contribution in [3.63, 3.8) is 0 Å². The summed E-state index contributed by atoms with van der Waals surface area (Å²) in [5, 5.41) is 0. The highest BCUT2D eigenvalue weighted by molar-refractivity contribution is 5.99. The molecule has 0 saturated carbocycles. The molecule has 0 aliphatic carbocycles. The zero-order valence-electron chi connectivity index (χ0n) is 12.3. The van der Waals surface area contributed by atoms with Crippen molar-refractivity contribution >= 4 is 17.3 Å².